The molecule has 112 valence electrons. The molecule has 0 aromatic heterocycles. The Hall–Kier alpha value is -1.43. The first-order valence-electron chi connectivity index (χ1n) is 7.31. The summed E-state index contributed by atoms with van der Waals surface area (Å²) in [5, 5.41) is 2.73. The van der Waals surface area contributed by atoms with Crippen molar-refractivity contribution in [2.45, 2.75) is 57.7 Å². The summed E-state index contributed by atoms with van der Waals surface area (Å²) in [6.45, 7) is 4.42. The van der Waals surface area contributed by atoms with Crippen molar-refractivity contribution in [2.24, 2.45) is 11.7 Å². The maximum absolute atomic E-state index is 12.4. The summed E-state index contributed by atoms with van der Waals surface area (Å²) >= 11 is 0. The highest BCUT2D eigenvalue weighted by Crippen LogP contribution is 2.25. The SMILES string of the molecule is CC(C)[C@@H](C(=O)C(=O)NC1CC1)N1CCCC1C(N)=O. The molecule has 1 heterocycles. The van der Waals surface area contributed by atoms with E-state index in [-0.39, 0.29) is 12.0 Å². The number of carbonyl (C=O) groups excluding carboxylic acids is 3. The molecule has 0 bridgehead atoms. The van der Waals surface area contributed by atoms with Crippen LogP contribution in [0.4, 0.5) is 0 Å². The molecule has 6 nitrogen and oxygen atoms in total. The van der Waals surface area contributed by atoms with E-state index in [9.17, 15) is 14.4 Å². The highest BCUT2D eigenvalue weighted by molar-refractivity contribution is 6.38. The summed E-state index contributed by atoms with van der Waals surface area (Å²) in [7, 11) is 0. The van der Waals surface area contributed by atoms with Gasteiger partial charge < -0.3 is 11.1 Å². The Kier molecular flexibility index (Phi) is 4.42. The molecule has 2 fully saturated rings. The van der Waals surface area contributed by atoms with Gasteiger partial charge in [-0.15, -0.1) is 0 Å². The largest absolute Gasteiger partial charge is 0.368 e. The zero-order valence-electron chi connectivity index (χ0n) is 12.1. The Balaban J connectivity index is 2.10. The fraction of sp³-hybridized carbons (Fsp3) is 0.786. The van der Waals surface area contributed by atoms with Crippen molar-refractivity contribution in [1.82, 2.24) is 10.2 Å². The third-order valence-corrected chi connectivity index (χ3v) is 4.02. The number of amides is 2. The molecular formula is C14H23N3O3. The van der Waals surface area contributed by atoms with E-state index in [2.05, 4.69) is 5.32 Å². The standard InChI is InChI=1S/C14H23N3O3/c1-8(2)11(12(18)14(20)16-9-5-6-9)17-7-3-4-10(17)13(15)19/h8-11H,3-7H2,1-2H3,(H2,15,19)(H,16,20)/t10?,11-/m0/s1. The number of hydrogen-bond donors (Lipinski definition) is 2. The van der Waals surface area contributed by atoms with E-state index >= 15 is 0 Å². The first kappa shape index (κ1) is 15.0. The minimum atomic E-state index is -0.561. The molecule has 1 saturated carbocycles. The zero-order chi connectivity index (χ0) is 14.9. The van der Waals surface area contributed by atoms with Crippen LogP contribution in [0.5, 0.6) is 0 Å². The molecule has 2 amide bonds. The molecule has 1 aliphatic carbocycles. The molecule has 2 rings (SSSR count). The molecule has 20 heavy (non-hydrogen) atoms. The van der Waals surface area contributed by atoms with E-state index in [1.54, 1.807) is 0 Å². The Morgan fingerprint density at radius 3 is 2.35 bits per heavy atom. The van der Waals surface area contributed by atoms with Crippen LogP contribution in [-0.2, 0) is 14.4 Å². The van der Waals surface area contributed by atoms with Gasteiger partial charge in [-0.25, -0.2) is 0 Å². The van der Waals surface area contributed by atoms with Crippen LogP contribution in [0, 0.1) is 5.92 Å². The van der Waals surface area contributed by atoms with Crippen LogP contribution in [-0.4, -0.2) is 47.2 Å². The summed E-state index contributed by atoms with van der Waals surface area (Å²) in [6.07, 6.45) is 3.38. The number of likely N-dealkylation sites (tertiary alicyclic amines) is 1. The lowest BCUT2D eigenvalue weighted by atomic mass is 9.96. The predicted molar refractivity (Wildman–Crippen MR) is 73.7 cm³/mol. The molecule has 6 heteroatoms. The van der Waals surface area contributed by atoms with E-state index < -0.39 is 29.7 Å². The molecule has 2 atom stereocenters. The quantitative estimate of drug-likeness (QED) is 0.660. The van der Waals surface area contributed by atoms with Crippen LogP contribution in [0.15, 0.2) is 0 Å². The fourth-order valence-corrected chi connectivity index (χ4v) is 2.88. The number of primary amides is 1. The van der Waals surface area contributed by atoms with Crippen LogP contribution in [0.1, 0.15) is 39.5 Å². The minimum Gasteiger partial charge on any atom is -0.368 e. The Morgan fingerprint density at radius 2 is 1.85 bits per heavy atom. The maximum Gasteiger partial charge on any atom is 0.289 e. The van der Waals surface area contributed by atoms with Crippen LogP contribution >= 0.6 is 0 Å². The molecule has 2 aliphatic rings. The van der Waals surface area contributed by atoms with Crippen molar-refractivity contribution >= 4 is 17.6 Å². The van der Waals surface area contributed by atoms with Crippen molar-refractivity contribution in [3.63, 3.8) is 0 Å². The van der Waals surface area contributed by atoms with Crippen LogP contribution in [0.2, 0.25) is 0 Å². The number of rotatable bonds is 6. The topological polar surface area (TPSA) is 92.5 Å². The lowest BCUT2D eigenvalue weighted by molar-refractivity contribution is -0.143. The predicted octanol–water partition coefficient (Wildman–Crippen LogP) is -0.192. The highest BCUT2D eigenvalue weighted by Gasteiger charge is 2.41. The summed E-state index contributed by atoms with van der Waals surface area (Å²) in [6, 6.07) is -0.835. The van der Waals surface area contributed by atoms with Gasteiger partial charge in [0.2, 0.25) is 11.7 Å². The fourth-order valence-electron chi connectivity index (χ4n) is 2.88. The van der Waals surface area contributed by atoms with Crippen molar-refractivity contribution in [3.05, 3.63) is 0 Å². The maximum atomic E-state index is 12.4. The normalized spacial score (nSPS) is 24.6. The van der Waals surface area contributed by atoms with Gasteiger partial charge in [-0.2, -0.15) is 0 Å². The van der Waals surface area contributed by atoms with Crippen molar-refractivity contribution < 1.29 is 14.4 Å². The second-order valence-electron chi connectivity index (χ2n) is 6.10. The van der Waals surface area contributed by atoms with Gasteiger partial charge in [-0.05, 0) is 38.1 Å². The Morgan fingerprint density at radius 1 is 1.20 bits per heavy atom. The van der Waals surface area contributed by atoms with Crippen molar-refractivity contribution in [1.29, 1.82) is 0 Å². The van der Waals surface area contributed by atoms with Gasteiger partial charge in [0.15, 0.2) is 0 Å². The van der Waals surface area contributed by atoms with Crippen molar-refractivity contribution in [2.75, 3.05) is 6.54 Å². The number of Topliss-reactive ketones (excluding diaryl/α,β-unsaturated/α-hetero) is 1. The first-order valence-corrected chi connectivity index (χ1v) is 7.31. The number of carbonyl (C=O) groups is 3. The lowest BCUT2D eigenvalue weighted by Crippen LogP contribution is -2.55. The summed E-state index contributed by atoms with van der Waals surface area (Å²) < 4.78 is 0. The van der Waals surface area contributed by atoms with Crippen molar-refractivity contribution in [3.8, 4) is 0 Å². The molecule has 0 radical (unpaired) electrons. The average molecular weight is 281 g/mol. The summed E-state index contributed by atoms with van der Waals surface area (Å²) in [5.74, 6) is -1.42. The average Bonchev–Trinajstić information content (AvgIpc) is 3.04. The number of nitrogens with zero attached hydrogens (tertiary/aromatic N) is 1. The second kappa shape index (κ2) is 5.91. The molecule has 0 spiro atoms. The number of ketones is 1. The van der Waals surface area contributed by atoms with Gasteiger partial charge in [0.25, 0.3) is 5.91 Å². The van der Waals surface area contributed by atoms with Gasteiger partial charge in [0.1, 0.15) is 0 Å². The molecule has 1 aliphatic heterocycles. The molecule has 0 aromatic rings. The van der Waals surface area contributed by atoms with Gasteiger partial charge >= 0.3 is 0 Å². The summed E-state index contributed by atoms with van der Waals surface area (Å²) in [5.41, 5.74) is 5.40. The number of nitrogens with one attached hydrogen (secondary N) is 1. The lowest BCUT2D eigenvalue weighted by Gasteiger charge is -2.32. The third-order valence-electron chi connectivity index (χ3n) is 4.02. The van der Waals surface area contributed by atoms with Crippen LogP contribution < -0.4 is 11.1 Å². The van der Waals surface area contributed by atoms with Crippen LogP contribution in [0.25, 0.3) is 0 Å². The molecule has 1 saturated heterocycles. The molecule has 0 aromatic carbocycles. The smallest absolute Gasteiger partial charge is 0.289 e. The first-order chi connectivity index (χ1) is 9.41. The van der Waals surface area contributed by atoms with Gasteiger partial charge in [0.05, 0.1) is 12.1 Å². The Labute approximate surface area is 119 Å². The van der Waals surface area contributed by atoms with E-state index in [0.29, 0.717) is 13.0 Å². The Bertz CT molecular complexity index is 418. The van der Waals surface area contributed by atoms with Gasteiger partial charge in [-0.3, -0.25) is 19.3 Å². The monoisotopic (exact) mass is 281 g/mol. The molecule has 1 unspecified atom stereocenters. The van der Waals surface area contributed by atoms with Gasteiger partial charge in [0, 0.05) is 6.04 Å². The second-order valence-corrected chi connectivity index (χ2v) is 6.10. The van der Waals surface area contributed by atoms with E-state index in [1.165, 1.54) is 0 Å². The highest BCUT2D eigenvalue weighted by atomic mass is 16.2. The number of nitrogens with two attached hydrogens (primary N) is 1. The zero-order valence-corrected chi connectivity index (χ0v) is 12.1. The molecule has 3 N–H and O–H groups in total. The minimum absolute atomic E-state index is 0.0348. The molecular weight excluding hydrogens is 258 g/mol. The van der Waals surface area contributed by atoms with E-state index in [0.717, 1.165) is 19.3 Å². The van der Waals surface area contributed by atoms with Crippen LogP contribution in [0.3, 0.4) is 0 Å². The number of hydrogen-bond acceptors (Lipinski definition) is 4. The van der Waals surface area contributed by atoms with Gasteiger partial charge in [-0.1, -0.05) is 13.8 Å². The summed E-state index contributed by atoms with van der Waals surface area (Å²) in [4.78, 5) is 37.7. The van der Waals surface area contributed by atoms with E-state index in [1.807, 2.05) is 18.7 Å². The van der Waals surface area contributed by atoms with E-state index in [4.69, 9.17) is 5.73 Å². The third kappa shape index (κ3) is 3.17.